The number of nitrogens with zero attached hydrogens (tertiary/aromatic N) is 3. The van der Waals surface area contributed by atoms with Crippen molar-refractivity contribution in [2.24, 2.45) is 0 Å². The molecule has 3 aromatic rings. The van der Waals surface area contributed by atoms with Crippen LogP contribution in [0.15, 0.2) is 73.1 Å². The second kappa shape index (κ2) is 10.3. The van der Waals surface area contributed by atoms with Gasteiger partial charge in [-0.3, -0.25) is 19.0 Å². The first-order valence-electron chi connectivity index (χ1n) is 10.8. The number of aromatic nitrogens is 1. The molecule has 2 heterocycles. The molecule has 2 aromatic carbocycles. The molecular weight excluding hydrogens is 454 g/mol. The van der Waals surface area contributed by atoms with Crippen molar-refractivity contribution in [1.29, 1.82) is 0 Å². The summed E-state index contributed by atoms with van der Waals surface area (Å²) in [6.45, 7) is 0.839. The lowest BCUT2D eigenvalue weighted by molar-refractivity contribution is 0.0600. The Morgan fingerprint density at radius 2 is 1.74 bits per heavy atom. The SMILES string of the molecule is COC(=O)c1ccc(CN(C(=O)N2CCS(O)(O)CC2)c2cccc(-c3cccnc3)c2)cc1. The van der Waals surface area contributed by atoms with Gasteiger partial charge in [0.2, 0.25) is 0 Å². The molecule has 9 heteroatoms. The number of anilines is 1. The summed E-state index contributed by atoms with van der Waals surface area (Å²) in [6, 6.07) is 18.2. The minimum Gasteiger partial charge on any atom is -0.465 e. The van der Waals surface area contributed by atoms with Gasteiger partial charge in [-0.15, -0.1) is 0 Å². The second-order valence-electron chi connectivity index (χ2n) is 8.05. The van der Waals surface area contributed by atoms with E-state index in [2.05, 4.69) is 4.98 Å². The maximum absolute atomic E-state index is 13.6. The fourth-order valence-electron chi connectivity index (χ4n) is 3.79. The molecule has 0 aliphatic carbocycles. The molecular formula is C25H27N3O5S. The van der Waals surface area contributed by atoms with Crippen LogP contribution in [0.25, 0.3) is 11.1 Å². The van der Waals surface area contributed by atoms with Crippen molar-refractivity contribution < 1.29 is 23.4 Å². The highest BCUT2D eigenvalue weighted by atomic mass is 32.3. The van der Waals surface area contributed by atoms with Crippen LogP contribution >= 0.6 is 10.6 Å². The summed E-state index contributed by atoms with van der Waals surface area (Å²) in [5.41, 5.74) is 3.85. The molecule has 1 aliphatic rings. The van der Waals surface area contributed by atoms with Gasteiger partial charge in [0.05, 0.1) is 30.7 Å². The maximum atomic E-state index is 13.6. The van der Waals surface area contributed by atoms with Crippen LogP contribution in [-0.2, 0) is 11.3 Å². The Hall–Kier alpha value is -3.40. The highest BCUT2D eigenvalue weighted by Crippen LogP contribution is 2.40. The topological polar surface area (TPSA) is 103 Å². The summed E-state index contributed by atoms with van der Waals surface area (Å²) in [5.74, 6) is -0.0670. The van der Waals surface area contributed by atoms with E-state index >= 15 is 0 Å². The third-order valence-electron chi connectivity index (χ3n) is 5.75. The van der Waals surface area contributed by atoms with E-state index in [-0.39, 0.29) is 37.2 Å². The van der Waals surface area contributed by atoms with Crippen LogP contribution in [0, 0.1) is 0 Å². The minimum absolute atomic E-state index is 0.177. The highest BCUT2D eigenvalue weighted by Gasteiger charge is 2.29. The lowest BCUT2D eigenvalue weighted by Crippen LogP contribution is -2.48. The van der Waals surface area contributed by atoms with Crippen LogP contribution in [0.2, 0.25) is 0 Å². The summed E-state index contributed by atoms with van der Waals surface area (Å²) < 4.78 is 24.7. The Balaban J connectivity index is 1.64. The van der Waals surface area contributed by atoms with Crippen LogP contribution in [-0.4, -0.2) is 62.7 Å². The molecule has 0 bridgehead atoms. The number of hydrogen-bond donors (Lipinski definition) is 2. The van der Waals surface area contributed by atoms with Gasteiger partial charge in [-0.05, 0) is 41.5 Å². The summed E-state index contributed by atoms with van der Waals surface area (Å²) in [7, 11) is -1.29. The van der Waals surface area contributed by atoms with Gasteiger partial charge in [-0.2, -0.15) is 10.6 Å². The van der Waals surface area contributed by atoms with Gasteiger partial charge in [-0.1, -0.05) is 30.3 Å². The van der Waals surface area contributed by atoms with Crippen molar-refractivity contribution in [2.75, 3.05) is 36.6 Å². The number of carbonyl (C=O) groups is 2. The van der Waals surface area contributed by atoms with E-state index in [0.717, 1.165) is 16.7 Å². The summed E-state index contributed by atoms with van der Waals surface area (Å²) >= 11 is 0. The molecule has 0 atom stereocenters. The van der Waals surface area contributed by atoms with Crippen molar-refractivity contribution in [3.05, 3.63) is 84.2 Å². The molecule has 1 fully saturated rings. The average Bonchev–Trinajstić information content (AvgIpc) is 2.87. The number of ether oxygens (including phenoxy) is 1. The molecule has 2 N–H and O–H groups in total. The van der Waals surface area contributed by atoms with Gasteiger partial charge in [0.15, 0.2) is 0 Å². The molecule has 0 spiro atoms. The van der Waals surface area contributed by atoms with Crippen LogP contribution in [0.1, 0.15) is 15.9 Å². The number of rotatable bonds is 5. The number of methoxy groups -OCH3 is 1. The van der Waals surface area contributed by atoms with E-state index in [0.29, 0.717) is 11.3 Å². The standard InChI is InChI=1S/C25H27N3O5S/c1-33-24(29)20-9-7-19(8-10-20)18-28(25(30)27-12-14-34(31,32)15-13-27)23-6-2-4-21(16-23)22-5-3-11-26-17-22/h2-11,16-17,31-32H,12-15,18H2,1H3. The molecule has 8 nitrogen and oxygen atoms in total. The van der Waals surface area contributed by atoms with Gasteiger partial charge in [-0.25, -0.2) is 9.59 Å². The van der Waals surface area contributed by atoms with E-state index in [9.17, 15) is 18.7 Å². The number of pyridine rings is 1. The third-order valence-corrected chi connectivity index (χ3v) is 7.42. The van der Waals surface area contributed by atoms with E-state index in [4.69, 9.17) is 4.74 Å². The van der Waals surface area contributed by atoms with Crippen molar-refractivity contribution in [2.45, 2.75) is 6.54 Å². The molecule has 1 aromatic heterocycles. The van der Waals surface area contributed by atoms with Crippen molar-refractivity contribution >= 4 is 28.3 Å². The Morgan fingerprint density at radius 3 is 2.38 bits per heavy atom. The number of benzene rings is 2. The zero-order valence-electron chi connectivity index (χ0n) is 18.8. The normalized spacial score (nSPS) is 15.9. The molecule has 0 radical (unpaired) electrons. The van der Waals surface area contributed by atoms with Gasteiger partial charge in [0.1, 0.15) is 0 Å². The van der Waals surface area contributed by atoms with Crippen LogP contribution in [0.4, 0.5) is 10.5 Å². The highest BCUT2D eigenvalue weighted by molar-refractivity contribution is 8.24. The summed E-state index contributed by atoms with van der Waals surface area (Å²) in [4.78, 5) is 32.9. The number of hydrogen-bond acceptors (Lipinski definition) is 6. The molecule has 2 amide bonds. The maximum Gasteiger partial charge on any atom is 0.337 e. The first kappa shape index (κ1) is 23.7. The lowest BCUT2D eigenvalue weighted by Gasteiger charge is -2.42. The van der Waals surface area contributed by atoms with E-state index in [1.807, 2.05) is 36.4 Å². The summed E-state index contributed by atoms with van der Waals surface area (Å²) in [6.07, 6.45) is 3.48. The first-order chi connectivity index (χ1) is 16.4. The Labute approximate surface area is 200 Å². The fourth-order valence-corrected chi connectivity index (χ4v) is 5.02. The van der Waals surface area contributed by atoms with Crippen molar-refractivity contribution in [1.82, 2.24) is 9.88 Å². The molecule has 0 saturated carbocycles. The predicted molar refractivity (Wildman–Crippen MR) is 133 cm³/mol. The van der Waals surface area contributed by atoms with Gasteiger partial charge in [0.25, 0.3) is 0 Å². The average molecular weight is 482 g/mol. The predicted octanol–water partition coefficient (Wildman–Crippen LogP) is 4.73. The molecule has 178 valence electrons. The smallest absolute Gasteiger partial charge is 0.337 e. The summed E-state index contributed by atoms with van der Waals surface area (Å²) in [5, 5.41) is 0. The number of carbonyl (C=O) groups excluding carboxylic acids is 2. The molecule has 1 saturated heterocycles. The van der Waals surface area contributed by atoms with Crippen molar-refractivity contribution in [3.8, 4) is 11.1 Å². The quantitative estimate of drug-likeness (QED) is 0.511. The monoisotopic (exact) mass is 481 g/mol. The molecule has 4 rings (SSSR count). The van der Waals surface area contributed by atoms with E-state index < -0.39 is 16.6 Å². The Morgan fingerprint density at radius 1 is 1.03 bits per heavy atom. The minimum atomic E-state index is -2.62. The lowest BCUT2D eigenvalue weighted by atomic mass is 10.1. The zero-order chi connectivity index (χ0) is 24.1. The van der Waals surface area contributed by atoms with Gasteiger partial charge >= 0.3 is 12.0 Å². The zero-order valence-corrected chi connectivity index (χ0v) is 19.6. The van der Waals surface area contributed by atoms with E-state index in [1.54, 1.807) is 46.5 Å². The molecule has 1 aliphatic heterocycles. The fraction of sp³-hybridized carbons (Fsp3) is 0.240. The largest absolute Gasteiger partial charge is 0.465 e. The second-order valence-corrected chi connectivity index (χ2v) is 10.5. The molecule has 0 unspecified atom stereocenters. The number of esters is 1. The molecule has 34 heavy (non-hydrogen) atoms. The van der Waals surface area contributed by atoms with Crippen molar-refractivity contribution in [3.63, 3.8) is 0 Å². The van der Waals surface area contributed by atoms with Gasteiger partial charge in [0, 0.05) is 36.7 Å². The van der Waals surface area contributed by atoms with Crippen LogP contribution < -0.4 is 4.90 Å². The number of amides is 2. The third kappa shape index (κ3) is 5.56. The first-order valence-corrected chi connectivity index (χ1v) is 12.7. The number of urea groups is 1. The van der Waals surface area contributed by atoms with E-state index in [1.165, 1.54) is 7.11 Å². The Bertz CT molecular complexity index is 1140. The van der Waals surface area contributed by atoms with Crippen LogP contribution in [0.3, 0.4) is 0 Å². The van der Waals surface area contributed by atoms with Crippen LogP contribution in [0.5, 0.6) is 0 Å². The van der Waals surface area contributed by atoms with Gasteiger partial charge < -0.3 is 9.64 Å². The Kier molecular flexibility index (Phi) is 7.16.